The van der Waals surface area contributed by atoms with Gasteiger partial charge in [-0.05, 0) is 18.6 Å². The first kappa shape index (κ1) is 13.6. The number of para-hydroxylation sites is 1. The molecule has 1 aromatic rings. The molecular weight excluding hydrogens is 214 g/mol. The second kappa shape index (κ2) is 7.72. The van der Waals surface area contributed by atoms with Crippen molar-refractivity contribution in [2.24, 2.45) is 0 Å². The Hall–Kier alpha value is -1.50. The van der Waals surface area contributed by atoms with E-state index in [1.54, 1.807) is 0 Å². The van der Waals surface area contributed by atoms with E-state index in [2.05, 4.69) is 11.2 Å². The van der Waals surface area contributed by atoms with E-state index in [0.717, 1.165) is 17.9 Å². The van der Waals surface area contributed by atoms with Crippen molar-refractivity contribution < 1.29 is 9.84 Å². The van der Waals surface area contributed by atoms with Crippen molar-refractivity contribution >= 4 is 0 Å². The summed E-state index contributed by atoms with van der Waals surface area (Å²) in [5.41, 5.74) is 1.07. The van der Waals surface area contributed by atoms with Gasteiger partial charge >= 0.3 is 0 Å². The van der Waals surface area contributed by atoms with Gasteiger partial charge in [-0.2, -0.15) is 0 Å². The van der Waals surface area contributed by atoms with Gasteiger partial charge in [-0.15, -0.1) is 12.3 Å². The van der Waals surface area contributed by atoms with Crippen molar-refractivity contribution in [3.8, 4) is 18.1 Å². The molecule has 0 saturated heterocycles. The molecule has 0 aliphatic carbocycles. The average Bonchev–Trinajstić information content (AvgIpc) is 2.34. The number of aliphatic hydroxyl groups is 1. The molecule has 0 spiro atoms. The molecule has 1 rings (SSSR count). The Bertz CT molecular complexity index is 371. The summed E-state index contributed by atoms with van der Waals surface area (Å²) in [6.07, 6.45) is 5.27. The molecule has 1 atom stereocenters. The number of hydrogen-bond acceptors (Lipinski definition) is 3. The second-order valence-electron chi connectivity index (χ2n) is 3.89. The number of terminal acetylenes is 1. The van der Waals surface area contributed by atoms with E-state index < -0.39 is 6.10 Å². The second-order valence-corrected chi connectivity index (χ2v) is 3.89. The first-order valence-corrected chi connectivity index (χ1v) is 5.74. The maximum absolute atomic E-state index is 9.66. The number of nitrogens with one attached hydrogen (secondary N) is 1. The fourth-order valence-corrected chi connectivity index (χ4v) is 1.39. The van der Waals surface area contributed by atoms with Gasteiger partial charge in [0.1, 0.15) is 18.5 Å². The van der Waals surface area contributed by atoms with E-state index in [-0.39, 0.29) is 6.61 Å². The Morgan fingerprint density at radius 3 is 2.94 bits per heavy atom. The van der Waals surface area contributed by atoms with Gasteiger partial charge in [-0.25, -0.2) is 0 Å². The Labute approximate surface area is 103 Å². The summed E-state index contributed by atoms with van der Waals surface area (Å²) in [5, 5.41) is 12.7. The van der Waals surface area contributed by atoms with E-state index in [4.69, 9.17) is 11.2 Å². The van der Waals surface area contributed by atoms with Gasteiger partial charge in [-0.1, -0.05) is 18.2 Å². The van der Waals surface area contributed by atoms with Crippen molar-refractivity contribution in [3.05, 3.63) is 29.8 Å². The van der Waals surface area contributed by atoms with E-state index >= 15 is 0 Å². The molecule has 0 heterocycles. The Kier molecular flexibility index (Phi) is 6.16. The molecule has 3 heteroatoms. The van der Waals surface area contributed by atoms with Gasteiger partial charge in [0.25, 0.3) is 0 Å². The molecule has 0 bridgehead atoms. The van der Waals surface area contributed by atoms with Crippen LogP contribution in [0.3, 0.4) is 0 Å². The molecule has 92 valence electrons. The fourth-order valence-electron chi connectivity index (χ4n) is 1.39. The summed E-state index contributed by atoms with van der Waals surface area (Å²) in [7, 11) is 0. The van der Waals surface area contributed by atoms with E-state index in [0.29, 0.717) is 13.0 Å². The lowest BCUT2D eigenvalue weighted by atomic mass is 10.2. The molecule has 0 aromatic heterocycles. The largest absolute Gasteiger partial charge is 0.491 e. The van der Waals surface area contributed by atoms with Crippen molar-refractivity contribution in [1.82, 2.24) is 5.32 Å². The highest BCUT2D eigenvalue weighted by Gasteiger charge is 2.05. The Morgan fingerprint density at radius 1 is 1.47 bits per heavy atom. The molecule has 17 heavy (non-hydrogen) atoms. The average molecular weight is 233 g/mol. The first-order chi connectivity index (χ1) is 8.24. The molecule has 1 aromatic carbocycles. The Balaban J connectivity index is 2.22. The Morgan fingerprint density at radius 2 is 2.24 bits per heavy atom. The molecule has 3 nitrogen and oxygen atoms in total. The zero-order valence-corrected chi connectivity index (χ0v) is 10.1. The number of benzene rings is 1. The zero-order valence-electron chi connectivity index (χ0n) is 10.1. The van der Waals surface area contributed by atoms with Crippen molar-refractivity contribution in [3.63, 3.8) is 0 Å². The molecule has 1 unspecified atom stereocenters. The van der Waals surface area contributed by atoms with Crippen molar-refractivity contribution in [2.45, 2.75) is 19.4 Å². The van der Waals surface area contributed by atoms with Gasteiger partial charge in [0.05, 0.1) is 0 Å². The van der Waals surface area contributed by atoms with E-state index in [1.165, 1.54) is 0 Å². The fraction of sp³-hybridized carbons (Fsp3) is 0.429. The minimum atomic E-state index is -0.521. The van der Waals surface area contributed by atoms with Crippen LogP contribution in [0.2, 0.25) is 0 Å². The lowest BCUT2D eigenvalue weighted by Crippen LogP contribution is -2.31. The van der Waals surface area contributed by atoms with Gasteiger partial charge in [0.2, 0.25) is 0 Å². The zero-order chi connectivity index (χ0) is 12.5. The van der Waals surface area contributed by atoms with Crippen LogP contribution in [0.4, 0.5) is 0 Å². The topological polar surface area (TPSA) is 41.5 Å². The highest BCUT2D eigenvalue weighted by Crippen LogP contribution is 2.16. The van der Waals surface area contributed by atoms with Crippen LogP contribution in [0.15, 0.2) is 24.3 Å². The molecule has 0 aliphatic heterocycles. The van der Waals surface area contributed by atoms with Crippen LogP contribution < -0.4 is 10.1 Å². The summed E-state index contributed by atoms with van der Waals surface area (Å²) in [5.74, 6) is 3.35. The molecule has 0 amide bonds. The van der Waals surface area contributed by atoms with Gasteiger partial charge in [-0.3, -0.25) is 0 Å². The monoisotopic (exact) mass is 233 g/mol. The summed E-state index contributed by atoms with van der Waals surface area (Å²) in [4.78, 5) is 0. The number of ether oxygens (including phenoxy) is 1. The molecule has 0 radical (unpaired) electrons. The van der Waals surface area contributed by atoms with Crippen LogP contribution in [-0.4, -0.2) is 30.9 Å². The number of aryl methyl sites for hydroxylation is 1. The van der Waals surface area contributed by atoms with Crippen LogP contribution >= 0.6 is 0 Å². The summed E-state index contributed by atoms with van der Waals surface area (Å²) < 4.78 is 5.53. The van der Waals surface area contributed by atoms with Gasteiger partial charge in [0, 0.05) is 19.5 Å². The normalized spacial score (nSPS) is 11.8. The number of rotatable bonds is 7. The van der Waals surface area contributed by atoms with E-state index in [1.807, 2.05) is 31.2 Å². The highest BCUT2D eigenvalue weighted by molar-refractivity contribution is 5.31. The number of aliphatic hydroxyl groups excluding tert-OH is 1. The molecule has 2 N–H and O–H groups in total. The predicted molar refractivity (Wildman–Crippen MR) is 69.0 cm³/mol. The molecule has 0 aliphatic rings. The summed E-state index contributed by atoms with van der Waals surface area (Å²) in [6.45, 7) is 3.48. The van der Waals surface area contributed by atoms with Crippen LogP contribution in [0.1, 0.15) is 12.0 Å². The lowest BCUT2D eigenvalue weighted by molar-refractivity contribution is 0.106. The van der Waals surface area contributed by atoms with Crippen molar-refractivity contribution in [1.29, 1.82) is 0 Å². The smallest absolute Gasteiger partial charge is 0.122 e. The molecular formula is C14H19NO2. The standard InChI is InChI=1S/C14H19NO2/c1-3-4-9-15-10-13(16)11-17-14-8-6-5-7-12(14)2/h1,5-8,13,15-16H,4,9-11H2,2H3. The summed E-state index contributed by atoms with van der Waals surface area (Å²) >= 11 is 0. The van der Waals surface area contributed by atoms with E-state index in [9.17, 15) is 5.11 Å². The van der Waals surface area contributed by atoms with Crippen molar-refractivity contribution in [2.75, 3.05) is 19.7 Å². The molecule has 0 fully saturated rings. The maximum Gasteiger partial charge on any atom is 0.122 e. The minimum absolute atomic E-state index is 0.286. The first-order valence-electron chi connectivity index (χ1n) is 5.74. The third-order valence-electron chi connectivity index (χ3n) is 2.35. The SMILES string of the molecule is C#CCCNCC(O)COc1ccccc1C. The van der Waals surface area contributed by atoms with Gasteiger partial charge < -0.3 is 15.2 Å². The third-order valence-corrected chi connectivity index (χ3v) is 2.35. The number of hydrogen-bond donors (Lipinski definition) is 2. The molecule has 0 saturated carbocycles. The lowest BCUT2D eigenvalue weighted by Gasteiger charge is -2.14. The minimum Gasteiger partial charge on any atom is -0.491 e. The van der Waals surface area contributed by atoms with Crippen LogP contribution in [0.25, 0.3) is 0 Å². The quantitative estimate of drug-likeness (QED) is 0.552. The maximum atomic E-state index is 9.66. The van der Waals surface area contributed by atoms with Crippen LogP contribution in [-0.2, 0) is 0 Å². The van der Waals surface area contributed by atoms with Crippen LogP contribution in [0.5, 0.6) is 5.75 Å². The third kappa shape index (κ3) is 5.39. The summed E-state index contributed by atoms with van der Waals surface area (Å²) in [6, 6.07) is 7.75. The highest BCUT2D eigenvalue weighted by atomic mass is 16.5. The van der Waals surface area contributed by atoms with Crippen LogP contribution in [0, 0.1) is 19.3 Å². The van der Waals surface area contributed by atoms with Gasteiger partial charge in [0.15, 0.2) is 0 Å². The predicted octanol–water partition coefficient (Wildman–Crippen LogP) is 1.35.